The van der Waals surface area contributed by atoms with Gasteiger partial charge in [0, 0.05) is 17.2 Å². The van der Waals surface area contributed by atoms with Crippen molar-refractivity contribution >= 4 is 22.7 Å². The minimum atomic E-state index is -0.181. The SMILES string of the molecule is C1=C(c2ccccc2)NC(c2ccccc2)N=C1c1cccc(-c2cccc(-c3ccc4c(c3)C3C(c5ccccc5)=CC(c5ccccc5)=NC3CC4)c2)c1. The fourth-order valence-corrected chi connectivity index (χ4v) is 8.60. The summed E-state index contributed by atoms with van der Waals surface area (Å²) in [6.07, 6.45) is 6.41. The molecule has 0 aromatic heterocycles. The third-order valence-corrected chi connectivity index (χ3v) is 11.4. The van der Waals surface area contributed by atoms with Crippen LogP contribution in [0.5, 0.6) is 0 Å². The van der Waals surface area contributed by atoms with Crippen LogP contribution in [0.4, 0.5) is 0 Å². The maximum atomic E-state index is 5.42. The molecule has 1 aliphatic carbocycles. The summed E-state index contributed by atoms with van der Waals surface area (Å²) in [7, 11) is 0. The van der Waals surface area contributed by atoms with E-state index in [4.69, 9.17) is 9.98 Å². The quantitative estimate of drug-likeness (QED) is 0.175. The van der Waals surface area contributed by atoms with Crippen LogP contribution in [-0.2, 0) is 6.42 Å². The normalized spacial score (nSPS) is 18.6. The lowest BCUT2D eigenvalue weighted by atomic mass is 9.71. The molecule has 1 N–H and O–H groups in total. The van der Waals surface area contributed by atoms with E-state index < -0.39 is 0 Å². The van der Waals surface area contributed by atoms with Gasteiger partial charge < -0.3 is 5.32 Å². The number of fused-ring (bicyclic) bond motifs is 3. The predicted octanol–water partition coefficient (Wildman–Crippen LogP) is 12.1. The Morgan fingerprint density at radius 1 is 0.429 bits per heavy atom. The highest BCUT2D eigenvalue weighted by Gasteiger charge is 2.36. The Hall–Kier alpha value is -6.84. The number of rotatable bonds is 7. The minimum absolute atomic E-state index is 0.181. The first kappa shape index (κ1) is 33.7. The van der Waals surface area contributed by atoms with Crippen molar-refractivity contribution in [2.45, 2.75) is 31.0 Å². The van der Waals surface area contributed by atoms with Gasteiger partial charge in [-0.1, -0.05) is 176 Å². The van der Waals surface area contributed by atoms with E-state index in [1.807, 2.05) is 0 Å². The molecular weight excluding hydrogens is 679 g/mol. The monoisotopic (exact) mass is 719 g/mol. The highest BCUT2D eigenvalue weighted by atomic mass is 15.1. The van der Waals surface area contributed by atoms with E-state index in [2.05, 4.69) is 206 Å². The Kier molecular flexibility index (Phi) is 8.89. The van der Waals surface area contributed by atoms with Crippen LogP contribution in [0.15, 0.2) is 210 Å². The molecular formula is C53H41N3. The van der Waals surface area contributed by atoms with Crippen molar-refractivity contribution in [3.05, 3.63) is 239 Å². The molecule has 0 amide bonds. The van der Waals surface area contributed by atoms with Gasteiger partial charge in [-0.05, 0) is 98.3 Å². The van der Waals surface area contributed by atoms with Gasteiger partial charge in [0.25, 0.3) is 0 Å². The van der Waals surface area contributed by atoms with Crippen molar-refractivity contribution in [1.29, 1.82) is 0 Å². The van der Waals surface area contributed by atoms with Crippen LogP contribution >= 0.6 is 0 Å². The molecule has 0 bridgehead atoms. The number of aliphatic imine (C=N–C) groups is 2. The molecule has 2 heterocycles. The number of benzene rings is 7. The molecule has 3 atom stereocenters. The molecule has 3 unspecified atom stereocenters. The van der Waals surface area contributed by atoms with Crippen molar-refractivity contribution in [2.75, 3.05) is 0 Å². The van der Waals surface area contributed by atoms with Crippen LogP contribution in [0.3, 0.4) is 0 Å². The molecule has 0 saturated heterocycles. The number of hydrogen-bond acceptors (Lipinski definition) is 3. The summed E-state index contributed by atoms with van der Waals surface area (Å²) in [5, 5.41) is 3.68. The second-order valence-corrected chi connectivity index (χ2v) is 14.9. The number of nitrogens with zero attached hydrogens (tertiary/aromatic N) is 2. The van der Waals surface area contributed by atoms with E-state index in [1.54, 1.807) is 0 Å². The summed E-state index contributed by atoms with van der Waals surface area (Å²) in [5.74, 6) is 0.202. The van der Waals surface area contributed by atoms with E-state index in [-0.39, 0.29) is 18.1 Å². The molecule has 3 aliphatic rings. The van der Waals surface area contributed by atoms with Crippen LogP contribution in [0, 0.1) is 0 Å². The summed E-state index contributed by atoms with van der Waals surface area (Å²) in [4.78, 5) is 10.7. The molecule has 7 aromatic rings. The van der Waals surface area contributed by atoms with Crippen LogP contribution < -0.4 is 5.32 Å². The largest absolute Gasteiger partial charge is 0.360 e. The van der Waals surface area contributed by atoms with Gasteiger partial charge in [-0.3, -0.25) is 9.98 Å². The minimum Gasteiger partial charge on any atom is -0.360 e. The summed E-state index contributed by atoms with van der Waals surface area (Å²) in [5.41, 5.74) is 17.9. The van der Waals surface area contributed by atoms with Gasteiger partial charge in [0.15, 0.2) is 0 Å². The summed E-state index contributed by atoms with van der Waals surface area (Å²) >= 11 is 0. The molecule has 2 aliphatic heterocycles. The number of allylic oxidation sites excluding steroid dienone is 2. The molecule has 0 spiro atoms. The molecule has 10 rings (SSSR count). The fraction of sp³-hybridized carbons (Fsp3) is 0.0943. The standard InChI is InChI=1S/C53H41N3/c1-5-15-36(16-6-1)47-34-49(38-17-7-2-8-18-38)54-48-30-29-37-27-28-44(33-46(37)52(47)48)42-24-13-23-41(31-42)43-25-14-26-45(32-43)51-35-50(39-19-9-3-10-20-39)55-53(56-51)40-21-11-4-12-22-40/h1-28,31-35,48,52-53,55H,29-30H2. The second kappa shape index (κ2) is 14.8. The lowest BCUT2D eigenvalue weighted by molar-refractivity contribution is 0.536. The zero-order valence-electron chi connectivity index (χ0n) is 31.1. The molecule has 268 valence electrons. The number of dihydropyridines is 1. The Morgan fingerprint density at radius 2 is 0.964 bits per heavy atom. The molecule has 0 fully saturated rings. The maximum absolute atomic E-state index is 5.42. The molecule has 0 radical (unpaired) electrons. The van der Waals surface area contributed by atoms with Gasteiger partial charge in [-0.25, -0.2) is 0 Å². The molecule has 3 heteroatoms. The van der Waals surface area contributed by atoms with Crippen molar-refractivity contribution in [3.63, 3.8) is 0 Å². The highest BCUT2D eigenvalue weighted by Crippen LogP contribution is 2.46. The third kappa shape index (κ3) is 6.62. The van der Waals surface area contributed by atoms with Crippen molar-refractivity contribution in [2.24, 2.45) is 9.98 Å². The fourth-order valence-electron chi connectivity index (χ4n) is 8.60. The van der Waals surface area contributed by atoms with Crippen molar-refractivity contribution < 1.29 is 0 Å². The van der Waals surface area contributed by atoms with E-state index >= 15 is 0 Å². The van der Waals surface area contributed by atoms with Crippen LogP contribution in [-0.4, -0.2) is 17.5 Å². The molecule has 56 heavy (non-hydrogen) atoms. The maximum Gasteiger partial charge on any atom is 0.145 e. The number of aryl methyl sites for hydroxylation is 1. The first-order chi connectivity index (χ1) is 27.7. The average Bonchev–Trinajstić information content (AvgIpc) is 3.29. The van der Waals surface area contributed by atoms with Crippen molar-refractivity contribution in [3.8, 4) is 22.3 Å². The van der Waals surface area contributed by atoms with Crippen molar-refractivity contribution in [1.82, 2.24) is 5.32 Å². The van der Waals surface area contributed by atoms with Gasteiger partial charge in [-0.2, -0.15) is 0 Å². The van der Waals surface area contributed by atoms with E-state index in [0.717, 1.165) is 46.7 Å². The number of nitrogens with one attached hydrogen (secondary N) is 1. The number of hydrogen-bond donors (Lipinski definition) is 1. The Bertz CT molecular complexity index is 2660. The highest BCUT2D eigenvalue weighted by molar-refractivity contribution is 6.14. The van der Waals surface area contributed by atoms with Crippen LogP contribution in [0.2, 0.25) is 0 Å². The first-order valence-corrected chi connectivity index (χ1v) is 19.6. The molecule has 3 nitrogen and oxygen atoms in total. The Morgan fingerprint density at radius 3 is 1.64 bits per heavy atom. The first-order valence-electron chi connectivity index (χ1n) is 19.6. The van der Waals surface area contributed by atoms with Gasteiger partial charge in [-0.15, -0.1) is 0 Å². The summed E-state index contributed by atoms with van der Waals surface area (Å²) in [6.45, 7) is 0. The summed E-state index contributed by atoms with van der Waals surface area (Å²) < 4.78 is 0. The topological polar surface area (TPSA) is 36.8 Å². The van der Waals surface area contributed by atoms with E-state index in [0.29, 0.717) is 0 Å². The summed E-state index contributed by atoms with van der Waals surface area (Å²) in [6, 6.07) is 67.7. The second-order valence-electron chi connectivity index (χ2n) is 14.9. The smallest absolute Gasteiger partial charge is 0.145 e. The van der Waals surface area contributed by atoms with Gasteiger partial charge in [0.05, 0.1) is 17.5 Å². The van der Waals surface area contributed by atoms with E-state index in [9.17, 15) is 0 Å². The molecule has 7 aromatic carbocycles. The van der Waals surface area contributed by atoms with E-state index in [1.165, 1.54) is 50.1 Å². The zero-order valence-corrected chi connectivity index (χ0v) is 31.1. The average molecular weight is 720 g/mol. The zero-order chi connectivity index (χ0) is 37.3. The molecule has 0 saturated carbocycles. The Labute approximate surface area is 329 Å². The van der Waals surface area contributed by atoms with Gasteiger partial charge in [0.1, 0.15) is 6.17 Å². The van der Waals surface area contributed by atoms with Crippen LogP contribution in [0.25, 0.3) is 33.5 Å². The van der Waals surface area contributed by atoms with Gasteiger partial charge in [0.2, 0.25) is 0 Å². The van der Waals surface area contributed by atoms with Crippen LogP contribution in [0.1, 0.15) is 57.4 Å². The predicted molar refractivity (Wildman–Crippen MR) is 233 cm³/mol. The third-order valence-electron chi connectivity index (χ3n) is 11.4. The van der Waals surface area contributed by atoms with Gasteiger partial charge >= 0.3 is 0 Å². The lowest BCUT2D eigenvalue weighted by Gasteiger charge is -2.37. The lowest BCUT2D eigenvalue weighted by Crippen LogP contribution is -2.29. The Balaban J connectivity index is 1.00.